The first kappa shape index (κ1) is 9.23. The number of anilines is 1. The number of hydrogen-bond acceptors (Lipinski definition) is 2. The number of nitrogen functional groups attached to an aromatic ring is 1. The van der Waals surface area contributed by atoms with Gasteiger partial charge in [-0.3, -0.25) is 3.53 Å². The van der Waals surface area contributed by atoms with E-state index in [-0.39, 0.29) is 0 Å². The van der Waals surface area contributed by atoms with E-state index >= 15 is 0 Å². The van der Waals surface area contributed by atoms with Gasteiger partial charge in [-0.05, 0) is 23.0 Å². The van der Waals surface area contributed by atoms with Crippen LogP contribution in [0.15, 0.2) is 18.2 Å². The molecule has 1 unspecified atom stereocenters. The molecule has 0 saturated heterocycles. The van der Waals surface area contributed by atoms with Gasteiger partial charge in [-0.25, -0.2) is 0 Å². The molecule has 0 aliphatic carbocycles. The molecule has 0 bridgehead atoms. The van der Waals surface area contributed by atoms with Crippen LogP contribution in [0.5, 0.6) is 0 Å². The SMILES string of the molecule is Nc1ccc(P)cc1CNI. The standard InChI is InChI=1S/C7H10IN2P/c8-10-4-5-3-6(11)1-2-7(5)9/h1-3,10H,4,9,11H2. The molecule has 0 radical (unpaired) electrons. The molecule has 1 aromatic rings. The van der Waals surface area contributed by atoms with Crippen molar-refractivity contribution >= 4 is 43.1 Å². The predicted octanol–water partition coefficient (Wildman–Crippen LogP) is 1.21. The van der Waals surface area contributed by atoms with E-state index in [9.17, 15) is 0 Å². The summed E-state index contributed by atoms with van der Waals surface area (Å²) in [6, 6.07) is 5.97. The third-order valence-corrected chi connectivity index (χ3v) is 2.16. The molecule has 3 N–H and O–H groups in total. The lowest BCUT2D eigenvalue weighted by atomic mass is 10.2. The second-order valence-electron chi connectivity index (χ2n) is 2.27. The zero-order chi connectivity index (χ0) is 8.27. The Kier molecular flexibility index (Phi) is 3.55. The fourth-order valence-corrected chi connectivity index (χ4v) is 1.56. The lowest BCUT2D eigenvalue weighted by Crippen LogP contribution is -2.05. The van der Waals surface area contributed by atoms with Crippen LogP contribution in [0.1, 0.15) is 5.56 Å². The fourth-order valence-electron chi connectivity index (χ4n) is 0.851. The fraction of sp³-hybridized carbons (Fsp3) is 0.143. The van der Waals surface area contributed by atoms with Crippen molar-refractivity contribution < 1.29 is 0 Å². The van der Waals surface area contributed by atoms with Gasteiger partial charge < -0.3 is 5.73 Å². The van der Waals surface area contributed by atoms with Crippen molar-refractivity contribution in [3.8, 4) is 0 Å². The van der Waals surface area contributed by atoms with E-state index < -0.39 is 0 Å². The Morgan fingerprint density at radius 3 is 2.91 bits per heavy atom. The number of hydrogen-bond donors (Lipinski definition) is 2. The van der Waals surface area contributed by atoms with Crippen molar-refractivity contribution in [2.75, 3.05) is 5.73 Å². The van der Waals surface area contributed by atoms with Crippen molar-refractivity contribution in [2.24, 2.45) is 0 Å². The first-order valence-corrected chi connectivity index (χ1v) is 4.87. The molecular weight excluding hydrogens is 270 g/mol. The topological polar surface area (TPSA) is 38.0 Å². The molecular formula is C7H10IN2P. The molecule has 0 spiro atoms. The molecule has 0 aliphatic heterocycles. The van der Waals surface area contributed by atoms with Crippen LogP contribution in [-0.2, 0) is 6.54 Å². The summed E-state index contributed by atoms with van der Waals surface area (Å²) < 4.78 is 3.03. The lowest BCUT2D eigenvalue weighted by Gasteiger charge is -2.04. The summed E-state index contributed by atoms with van der Waals surface area (Å²) in [7, 11) is 2.65. The number of rotatable bonds is 2. The Balaban J connectivity index is 2.93. The Morgan fingerprint density at radius 2 is 2.27 bits per heavy atom. The Labute approximate surface area is 82.6 Å². The number of halogens is 1. The Hall–Kier alpha value is 0.140. The van der Waals surface area contributed by atoms with Crippen molar-refractivity contribution in [1.29, 1.82) is 0 Å². The van der Waals surface area contributed by atoms with E-state index in [0.717, 1.165) is 17.8 Å². The average Bonchev–Trinajstić information content (AvgIpc) is 1.98. The second kappa shape index (κ2) is 4.24. The maximum absolute atomic E-state index is 5.72. The van der Waals surface area contributed by atoms with Crippen LogP contribution in [0.4, 0.5) is 5.69 Å². The molecule has 60 valence electrons. The molecule has 1 atom stereocenters. The molecule has 4 heteroatoms. The summed E-state index contributed by atoms with van der Waals surface area (Å²) in [6.07, 6.45) is 0. The minimum atomic E-state index is 0.814. The van der Waals surface area contributed by atoms with Crippen molar-refractivity contribution in [1.82, 2.24) is 3.53 Å². The van der Waals surface area contributed by atoms with Crippen molar-refractivity contribution in [3.05, 3.63) is 23.8 Å². The Morgan fingerprint density at radius 1 is 1.55 bits per heavy atom. The van der Waals surface area contributed by atoms with Gasteiger partial charge in [0, 0.05) is 35.1 Å². The van der Waals surface area contributed by atoms with Gasteiger partial charge >= 0.3 is 0 Å². The third-order valence-electron chi connectivity index (χ3n) is 1.42. The van der Waals surface area contributed by atoms with Crippen molar-refractivity contribution in [3.63, 3.8) is 0 Å². The minimum Gasteiger partial charge on any atom is -0.398 e. The summed E-state index contributed by atoms with van der Waals surface area (Å²) in [5, 5.41) is 1.17. The molecule has 0 aromatic heterocycles. The maximum Gasteiger partial charge on any atom is 0.0360 e. The Bertz CT molecular complexity index is 252. The van der Waals surface area contributed by atoms with Gasteiger partial charge in [0.2, 0.25) is 0 Å². The highest BCUT2D eigenvalue weighted by Gasteiger charge is 1.96. The molecule has 0 amide bonds. The lowest BCUT2D eigenvalue weighted by molar-refractivity contribution is 1.02. The van der Waals surface area contributed by atoms with Gasteiger partial charge in [-0.15, -0.1) is 9.24 Å². The molecule has 2 nitrogen and oxygen atoms in total. The smallest absolute Gasteiger partial charge is 0.0360 e. The van der Waals surface area contributed by atoms with Gasteiger partial charge in [-0.1, -0.05) is 6.07 Å². The van der Waals surface area contributed by atoms with E-state index in [2.05, 4.69) is 41.7 Å². The highest BCUT2D eigenvalue weighted by atomic mass is 127. The third kappa shape index (κ3) is 2.58. The minimum absolute atomic E-state index is 0.814. The van der Waals surface area contributed by atoms with Gasteiger partial charge in [-0.2, -0.15) is 0 Å². The zero-order valence-electron chi connectivity index (χ0n) is 5.97. The number of nitrogens with two attached hydrogens (primary N) is 1. The quantitative estimate of drug-likeness (QED) is 0.370. The molecule has 0 aliphatic rings. The van der Waals surface area contributed by atoms with E-state index in [4.69, 9.17) is 5.73 Å². The van der Waals surface area contributed by atoms with Gasteiger partial charge in [0.05, 0.1) is 0 Å². The van der Waals surface area contributed by atoms with Gasteiger partial charge in [0.15, 0.2) is 0 Å². The van der Waals surface area contributed by atoms with Crippen LogP contribution < -0.4 is 14.6 Å². The van der Waals surface area contributed by atoms with E-state index in [1.807, 2.05) is 12.1 Å². The predicted molar refractivity (Wildman–Crippen MR) is 61.1 cm³/mol. The molecule has 0 heterocycles. The second-order valence-corrected chi connectivity index (χ2v) is 3.70. The summed E-state index contributed by atoms with van der Waals surface area (Å²) in [4.78, 5) is 0. The average molecular weight is 280 g/mol. The summed E-state index contributed by atoms with van der Waals surface area (Å²) in [5.41, 5.74) is 7.72. The number of benzene rings is 1. The monoisotopic (exact) mass is 280 g/mol. The summed E-state index contributed by atoms with van der Waals surface area (Å²) in [6.45, 7) is 0.814. The van der Waals surface area contributed by atoms with Crippen LogP contribution in [-0.4, -0.2) is 0 Å². The van der Waals surface area contributed by atoms with E-state index in [0.29, 0.717) is 0 Å². The van der Waals surface area contributed by atoms with Crippen LogP contribution in [0.25, 0.3) is 0 Å². The maximum atomic E-state index is 5.72. The molecule has 0 fully saturated rings. The zero-order valence-corrected chi connectivity index (χ0v) is 9.28. The van der Waals surface area contributed by atoms with Gasteiger partial charge in [0.25, 0.3) is 0 Å². The van der Waals surface area contributed by atoms with Crippen LogP contribution in [0.3, 0.4) is 0 Å². The summed E-state index contributed by atoms with van der Waals surface area (Å²) in [5.74, 6) is 0. The normalized spacial score (nSPS) is 10.0. The molecule has 1 aromatic carbocycles. The summed E-state index contributed by atoms with van der Waals surface area (Å²) >= 11 is 2.11. The molecule has 11 heavy (non-hydrogen) atoms. The number of nitrogens with one attached hydrogen (secondary N) is 1. The van der Waals surface area contributed by atoms with Crippen LogP contribution in [0.2, 0.25) is 0 Å². The first-order chi connectivity index (χ1) is 5.24. The largest absolute Gasteiger partial charge is 0.398 e. The highest BCUT2D eigenvalue weighted by molar-refractivity contribution is 14.1. The van der Waals surface area contributed by atoms with Crippen LogP contribution in [0, 0.1) is 0 Å². The molecule has 0 saturated carbocycles. The highest BCUT2D eigenvalue weighted by Crippen LogP contribution is 2.10. The van der Waals surface area contributed by atoms with Gasteiger partial charge in [0.1, 0.15) is 0 Å². The molecule has 1 rings (SSSR count). The first-order valence-electron chi connectivity index (χ1n) is 3.21. The van der Waals surface area contributed by atoms with Crippen molar-refractivity contribution in [2.45, 2.75) is 6.54 Å². The van der Waals surface area contributed by atoms with Crippen LogP contribution >= 0.6 is 32.1 Å². The van der Waals surface area contributed by atoms with E-state index in [1.165, 1.54) is 5.30 Å². The van der Waals surface area contributed by atoms with E-state index in [1.54, 1.807) is 0 Å².